The molecule has 2 aromatic rings. The van der Waals surface area contributed by atoms with Gasteiger partial charge in [0.15, 0.2) is 0 Å². The van der Waals surface area contributed by atoms with Crippen molar-refractivity contribution in [2.45, 2.75) is 19.1 Å². The van der Waals surface area contributed by atoms with Gasteiger partial charge in [0.1, 0.15) is 17.7 Å². The Morgan fingerprint density at radius 3 is 2.43 bits per heavy atom. The van der Waals surface area contributed by atoms with Crippen LogP contribution in [-0.4, -0.2) is 74.9 Å². The van der Waals surface area contributed by atoms with Gasteiger partial charge in [0.25, 0.3) is 0 Å². The number of piperazine rings is 1. The molecule has 0 aliphatic carbocycles. The number of methoxy groups -OCH3 is 1. The molecule has 0 amide bonds. The Balaban J connectivity index is 1.19. The first-order valence-corrected chi connectivity index (χ1v) is 10.9. The van der Waals surface area contributed by atoms with Crippen LogP contribution in [0.15, 0.2) is 42.5 Å². The summed E-state index contributed by atoms with van der Waals surface area (Å²) in [5, 5.41) is 10.4. The molecule has 6 heteroatoms. The van der Waals surface area contributed by atoms with Crippen LogP contribution < -0.4 is 14.4 Å². The maximum absolute atomic E-state index is 10.4. The lowest BCUT2D eigenvalue weighted by Crippen LogP contribution is -2.46. The Morgan fingerprint density at radius 1 is 0.967 bits per heavy atom. The zero-order chi connectivity index (χ0) is 20.9. The molecule has 6 nitrogen and oxygen atoms in total. The number of aliphatic hydroxyl groups excluding tert-OH is 1. The van der Waals surface area contributed by atoms with Crippen molar-refractivity contribution >= 4 is 5.69 Å². The fourth-order valence-electron chi connectivity index (χ4n) is 4.29. The van der Waals surface area contributed by atoms with Crippen LogP contribution in [-0.2, 0) is 6.42 Å². The first-order valence-electron chi connectivity index (χ1n) is 10.9. The molecular formula is C24H33N3O3. The Kier molecular flexibility index (Phi) is 6.77. The van der Waals surface area contributed by atoms with E-state index >= 15 is 0 Å². The van der Waals surface area contributed by atoms with E-state index in [-0.39, 0.29) is 0 Å². The molecule has 0 spiro atoms. The molecule has 2 aliphatic heterocycles. The summed E-state index contributed by atoms with van der Waals surface area (Å²) >= 11 is 0. The zero-order valence-corrected chi connectivity index (χ0v) is 18.1. The van der Waals surface area contributed by atoms with E-state index in [1.165, 1.54) is 11.3 Å². The first-order chi connectivity index (χ1) is 14.6. The van der Waals surface area contributed by atoms with E-state index in [2.05, 4.69) is 28.0 Å². The van der Waals surface area contributed by atoms with Crippen molar-refractivity contribution in [3.63, 3.8) is 0 Å². The molecule has 1 unspecified atom stereocenters. The van der Waals surface area contributed by atoms with Crippen molar-refractivity contribution in [2.24, 2.45) is 0 Å². The van der Waals surface area contributed by atoms with Crippen molar-refractivity contribution in [1.29, 1.82) is 0 Å². The summed E-state index contributed by atoms with van der Waals surface area (Å²) in [4.78, 5) is 6.91. The second-order valence-electron chi connectivity index (χ2n) is 8.19. The number of likely N-dealkylation sites (N-methyl/N-ethyl adjacent to an activating group) is 1. The van der Waals surface area contributed by atoms with E-state index in [1.54, 1.807) is 7.11 Å². The molecule has 2 heterocycles. The number of rotatable bonds is 7. The van der Waals surface area contributed by atoms with E-state index in [4.69, 9.17) is 9.47 Å². The SMILES string of the molecule is COc1ccc(N2CCN(CCCOc3ccc4c(c3)C(O)N(C)CC4)CC2)cc1. The lowest BCUT2D eigenvalue weighted by molar-refractivity contribution is 0.0126. The molecule has 0 aromatic heterocycles. The number of anilines is 1. The highest BCUT2D eigenvalue weighted by Gasteiger charge is 2.23. The summed E-state index contributed by atoms with van der Waals surface area (Å²) in [5.41, 5.74) is 3.47. The van der Waals surface area contributed by atoms with E-state index in [9.17, 15) is 5.11 Å². The van der Waals surface area contributed by atoms with Gasteiger partial charge in [-0.15, -0.1) is 0 Å². The molecule has 0 radical (unpaired) electrons. The number of benzene rings is 2. The summed E-state index contributed by atoms with van der Waals surface area (Å²) in [6.07, 6.45) is 1.45. The summed E-state index contributed by atoms with van der Waals surface area (Å²) in [6.45, 7) is 6.87. The Labute approximate surface area is 179 Å². The first kappa shape index (κ1) is 21.0. The minimum Gasteiger partial charge on any atom is -0.497 e. The van der Waals surface area contributed by atoms with E-state index in [0.717, 1.165) is 69.2 Å². The van der Waals surface area contributed by atoms with Crippen LogP contribution in [0.3, 0.4) is 0 Å². The molecule has 2 aromatic carbocycles. The molecule has 0 bridgehead atoms. The van der Waals surface area contributed by atoms with Crippen molar-refractivity contribution < 1.29 is 14.6 Å². The summed E-state index contributed by atoms with van der Waals surface area (Å²) in [5.74, 6) is 1.75. The smallest absolute Gasteiger partial charge is 0.133 e. The van der Waals surface area contributed by atoms with E-state index in [1.807, 2.05) is 36.2 Å². The predicted molar refractivity (Wildman–Crippen MR) is 119 cm³/mol. The van der Waals surface area contributed by atoms with Crippen LogP contribution >= 0.6 is 0 Å². The number of ether oxygens (including phenoxy) is 2. The van der Waals surface area contributed by atoms with Crippen LogP contribution in [0.4, 0.5) is 5.69 Å². The lowest BCUT2D eigenvalue weighted by Gasteiger charge is -2.36. The van der Waals surface area contributed by atoms with Crippen LogP contribution in [0.1, 0.15) is 23.8 Å². The molecule has 0 saturated carbocycles. The lowest BCUT2D eigenvalue weighted by atomic mass is 9.98. The molecule has 2 aliphatic rings. The van der Waals surface area contributed by atoms with Crippen LogP contribution in [0, 0.1) is 0 Å². The highest BCUT2D eigenvalue weighted by atomic mass is 16.5. The largest absolute Gasteiger partial charge is 0.497 e. The number of fused-ring (bicyclic) bond motifs is 1. The third kappa shape index (κ3) is 4.89. The number of nitrogens with zero attached hydrogens (tertiary/aromatic N) is 3. The standard InChI is InChI=1S/C24H33N3O3/c1-25-12-10-19-4-7-22(18-23(19)24(25)28)30-17-3-11-26-13-15-27(16-14-26)20-5-8-21(29-2)9-6-20/h4-9,18,24,28H,3,10-17H2,1-2H3. The molecule has 162 valence electrons. The normalized spacial score (nSPS) is 20.1. The number of aliphatic hydroxyl groups is 1. The second-order valence-corrected chi connectivity index (χ2v) is 8.19. The Morgan fingerprint density at radius 2 is 1.70 bits per heavy atom. The fraction of sp³-hybridized carbons (Fsp3) is 0.500. The van der Waals surface area contributed by atoms with Gasteiger partial charge in [-0.3, -0.25) is 9.80 Å². The third-order valence-electron chi connectivity index (χ3n) is 6.24. The van der Waals surface area contributed by atoms with Gasteiger partial charge in [-0.2, -0.15) is 0 Å². The quantitative estimate of drug-likeness (QED) is 0.707. The predicted octanol–water partition coefficient (Wildman–Crippen LogP) is 2.77. The van der Waals surface area contributed by atoms with Gasteiger partial charge in [0, 0.05) is 50.5 Å². The second kappa shape index (κ2) is 9.69. The average Bonchev–Trinajstić information content (AvgIpc) is 2.80. The van der Waals surface area contributed by atoms with Gasteiger partial charge in [0.05, 0.1) is 13.7 Å². The fourth-order valence-corrected chi connectivity index (χ4v) is 4.29. The monoisotopic (exact) mass is 411 g/mol. The van der Waals surface area contributed by atoms with Crippen molar-refractivity contribution in [2.75, 3.05) is 64.9 Å². The Hall–Kier alpha value is -2.28. The minimum atomic E-state index is -0.528. The highest BCUT2D eigenvalue weighted by Crippen LogP contribution is 2.29. The van der Waals surface area contributed by atoms with Crippen molar-refractivity contribution in [3.05, 3.63) is 53.6 Å². The number of hydrogen-bond acceptors (Lipinski definition) is 6. The van der Waals surface area contributed by atoms with Gasteiger partial charge in [-0.25, -0.2) is 0 Å². The zero-order valence-electron chi connectivity index (χ0n) is 18.1. The summed E-state index contributed by atoms with van der Waals surface area (Å²) in [7, 11) is 3.65. The third-order valence-corrected chi connectivity index (χ3v) is 6.24. The maximum atomic E-state index is 10.4. The van der Waals surface area contributed by atoms with Crippen LogP contribution in [0.25, 0.3) is 0 Å². The number of hydrogen-bond donors (Lipinski definition) is 1. The van der Waals surface area contributed by atoms with Gasteiger partial charge in [0.2, 0.25) is 0 Å². The molecule has 1 atom stereocenters. The van der Waals surface area contributed by atoms with Gasteiger partial charge < -0.3 is 19.5 Å². The minimum absolute atomic E-state index is 0.528. The molecule has 1 saturated heterocycles. The van der Waals surface area contributed by atoms with Gasteiger partial charge >= 0.3 is 0 Å². The van der Waals surface area contributed by atoms with Crippen molar-refractivity contribution in [1.82, 2.24) is 9.80 Å². The maximum Gasteiger partial charge on any atom is 0.133 e. The van der Waals surface area contributed by atoms with Crippen LogP contribution in [0.2, 0.25) is 0 Å². The van der Waals surface area contributed by atoms with Crippen molar-refractivity contribution in [3.8, 4) is 11.5 Å². The summed E-state index contributed by atoms with van der Waals surface area (Å²) < 4.78 is 11.2. The van der Waals surface area contributed by atoms with Gasteiger partial charge in [-0.1, -0.05) is 6.07 Å². The Bertz CT molecular complexity index is 819. The molecular weight excluding hydrogens is 378 g/mol. The molecule has 30 heavy (non-hydrogen) atoms. The van der Waals surface area contributed by atoms with E-state index in [0.29, 0.717) is 6.61 Å². The topological polar surface area (TPSA) is 48.4 Å². The highest BCUT2D eigenvalue weighted by molar-refractivity contribution is 5.49. The molecule has 1 fully saturated rings. The molecule has 1 N–H and O–H groups in total. The molecule has 4 rings (SSSR count). The van der Waals surface area contributed by atoms with E-state index < -0.39 is 6.23 Å². The van der Waals surface area contributed by atoms with Crippen LogP contribution in [0.5, 0.6) is 11.5 Å². The average molecular weight is 412 g/mol. The van der Waals surface area contributed by atoms with Gasteiger partial charge in [-0.05, 0) is 61.9 Å². The summed E-state index contributed by atoms with van der Waals surface area (Å²) in [6, 6.07) is 14.5.